The van der Waals surface area contributed by atoms with E-state index in [1.807, 2.05) is 0 Å². The van der Waals surface area contributed by atoms with E-state index in [1.54, 1.807) is 6.92 Å². The van der Waals surface area contributed by atoms with Crippen LogP contribution < -0.4 is 11.1 Å². The fourth-order valence-electron chi connectivity index (χ4n) is 1.34. The van der Waals surface area contributed by atoms with Gasteiger partial charge in [-0.1, -0.05) is 6.07 Å². The van der Waals surface area contributed by atoms with Crippen LogP contribution >= 0.6 is 0 Å². The highest BCUT2D eigenvalue weighted by Gasteiger charge is 2.12. The number of aryl methyl sites for hydroxylation is 1. The first-order valence-electron chi connectivity index (χ1n) is 4.87. The minimum absolute atomic E-state index is 0.218. The maximum Gasteiger partial charge on any atom is 0.152 e. The zero-order valence-electron chi connectivity index (χ0n) is 9.04. The standard InChI is InChI=1S/C11H10F2N4/c1-6-2-3-7(12)11(10(6)13)17-9-4-8(14)15-5-16-9/h2-5H,1H3,(H3,14,15,16,17). The van der Waals surface area contributed by atoms with Gasteiger partial charge in [0.1, 0.15) is 29.5 Å². The third-order valence-corrected chi connectivity index (χ3v) is 2.23. The van der Waals surface area contributed by atoms with Crippen LogP contribution in [0.3, 0.4) is 0 Å². The molecule has 0 amide bonds. The van der Waals surface area contributed by atoms with Gasteiger partial charge in [0.2, 0.25) is 0 Å². The van der Waals surface area contributed by atoms with Crippen LogP contribution in [-0.2, 0) is 0 Å². The molecule has 0 radical (unpaired) electrons. The summed E-state index contributed by atoms with van der Waals surface area (Å²) in [6.45, 7) is 1.55. The first kappa shape index (κ1) is 11.3. The molecule has 1 aromatic heterocycles. The van der Waals surface area contributed by atoms with Gasteiger partial charge in [-0.25, -0.2) is 18.7 Å². The van der Waals surface area contributed by atoms with Crippen molar-refractivity contribution in [1.82, 2.24) is 9.97 Å². The Hall–Kier alpha value is -2.24. The summed E-state index contributed by atoms with van der Waals surface area (Å²) in [5.41, 5.74) is 5.54. The molecule has 0 aliphatic heterocycles. The molecular weight excluding hydrogens is 226 g/mol. The van der Waals surface area contributed by atoms with E-state index in [-0.39, 0.29) is 17.3 Å². The van der Waals surface area contributed by atoms with Crippen LogP contribution in [0.25, 0.3) is 0 Å². The van der Waals surface area contributed by atoms with Gasteiger partial charge in [-0.15, -0.1) is 0 Å². The molecule has 0 saturated carbocycles. The van der Waals surface area contributed by atoms with Gasteiger partial charge >= 0.3 is 0 Å². The molecular formula is C11H10F2N4. The van der Waals surface area contributed by atoms with E-state index in [9.17, 15) is 8.78 Å². The lowest BCUT2D eigenvalue weighted by Crippen LogP contribution is -2.02. The first-order valence-corrected chi connectivity index (χ1v) is 4.87. The third kappa shape index (κ3) is 2.30. The summed E-state index contributed by atoms with van der Waals surface area (Å²) in [6.07, 6.45) is 1.21. The number of nitrogens with two attached hydrogens (primary N) is 1. The summed E-state index contributed by atoms with van der Waals surface area (Å²) in [5, 5.41) is 2.54. The summed E-state index contributed by atoms with van der Waals surface area (Å²) in [4.78, 5) is 7.49. The third-order valence-electron chi connectivity index (χ3n) is 2.23. The van der Waals surface area contributed by atoms with Crippen LogP contribution in [0.15, 0.2) is 24.5 Å². The van der Waals surface area contributed by atoms with Crippen molar-refractivity contribution in [2.24, 2.45) is 0 Å². The van der Waals surface area contributed by atoms with Crippen LogP contribution in [0.4, 0.5) is 26.1 Å². The Bertz CT molecular complexity index is 557. The molecule has 0 saturated heterocycles. The van der Waals surface area contributed by atoms with Gasteiger partial charge in [-0.05, 0) is 18.6 Å². The zero-order valence-corrected chi connectivity index (χ0v) is 9.04. The van der Waals surface area contributed by atoms with E-state index in [0.29, 0.717) is 5.56 Å². The number of halogens is 2. The highest BCUT2D eigenvalue weighted by atomic mass is 19.1. The van der Waals surface area contributed by atoms with Crippen molar-refractivity contribution in [2.75, 3.05) is 11.1 Å². The summed E-state index contributed by atoms with van der Waals surface area (Å²) >= 11 is 0. The molecule has 0 aliphatic rings. The van der Waals surface area contributed by atoms with Crippen molar-refractivity contribution in [3.63, 3.8) is 0 Å². The number of benzene rings is 1. The molecule has 0 unspecified atom stereocenters. The Morgan fingerprint density at radius 3 is 2.71 bits per heavy atom. The van der Waals surface area contributed by atoms with Crippen molar-refractivity contribution in [1.29, 1.82) is 0 Å². The SMILES string of the molecule is Cc1ccc(F)c(Nc2cc(N)ncn2)c1F. The van der Waals surface area contributed by atoms with Gasteiger partial charge in [-0.2, -0.15) is 0 Å². The largest absolute Gasteiger partial charge is 0.384 e. The number of rotatable bonds is 2. The second-order valence-electron chi connectivity index (χ2n) is 3.51. The normalized spacial score (nSPS) is 10.3. The minimum atomic E-state index is -0.690. The smallest absolute Gasteiger partial charge is 0.152 e. The Balaban J connectivity index is 2.39. The number of aromatic nitrogens is 2. The molecule has 17 heavy (non-hydrogen) atoms. The summed E-state index contributed by atoms with van der Waals surface area (Å²) in [6, 6.07) is 3.94. The zero-order chi connectivity index (χ0) is 12.4. The van der Waals surface area contributed by atoms with Crippen LogP contribution in [0.5, 0.6) is 0 Å². The molecule has 4 nitrogen and oxygen atoms in total. The topological polar surface area (TPSA) is 63.8 Å². The maximum absolute atomic E-state index is 13.7. The summed E-state index contributed by atoms with van der Waals surface area (Å²) in [7, 11) is 0. The number of hydrogen-bond donors (Lipinski definition) is 2. The Morgan fingerprint density at radius 1 is 1.24 bits per heavy atom. The van der Waals surface area contributed by atoms with Crippen molar-refractivity contribution in [3.8, 4) is 0 Å². The van der Waals surface area contributed by atoms with Gasteiger partial charge in [0.25, 0.3) is 0 Å². The molecule has 2 aromatic rings. The van der Waals surface area contributed by atoms with Crippen LogP contribution in [-0.4, -0.2) is 9.97 Å². The highest BCUT2D eigenvalue weighted by Crippen LogP contribution is 2.24. The number of nitrogen functional groups attached to an aromatic ring is 1. The highest BCUT2D eigenvalue weighted by molar-refractivity contribution is 5.60. The van der Waals surface area contributed by atoms with E-state index in [0.717, 1.165) is 0 Å². The predicted octanol–water partition coefficient (Wildman–Crippen LogP) is 2.39. The second kappa shape index (κ2) is 4.32. The molecule has 3 N–H and O–H groups in total. The van der Waals surface area contributed by atoms with Crippen LogP contribution in [0, 0.1) is 18.6 Å². The molecule has 0 spiro atoms. The fraction of sp³-hybridized carbons (Fsp3) is 0.0909. The van der Waals surface area contributed by atoms with E-state index in [2.05, 4.69) is 15.3 Å². The fourth-order valence-corrected chi connectivity index (χ4v) is 1.34. The predicted molar refractivity (Wildman–Crippen MR) is 60.8 cm³/mol. The second-order valence-corrected chi connectivity index (χ2v) is 3.51. The van der Waals surface area contributed by atoms with E-state index >= 15 is 0 Å². The molecule has 0 atom stereocenters. The lowest BCUT2D eigenvalue weighted by Gasteiger charge is -2.09. The molecule has 6 heteroatoms. The van der Waals surface area contributed by atoms with Gasteiger partial charge in [0.15, 0.2) is 5.82 Å². The maximum atomic E-state index is 13.7. The number of nitrogens with zero attached hydrogens (tertiary/aromatic N) is 2. The molecule has 0 fully saturated rings. The van der Waals surface area contributed by atoms with Crippen LogP contribution in [0.1, 0.15) is 5.56 Å². The van der Waals surface area contributed by atoms with Crippen molar-refractivity contribution in [3.05, 3.63) is 41.7 Å². The van der Waals surface area contributed by atoms with Crippen molar-refractivity contribution >= 4 is 17.3 Å². The summed E-state index contributed by atoms with van der Waals surface area (Å²) in [5.74, 6) is -0.885. The van der Waals surface area contributed by atoms with Crippen molar-refractivity contribution in [2.45, 2.75) is 6.92 Å². The average Bonchev–Trinajstić information content (AvgIpc) is 2.30. The molecule has 1 heterocycles. The van der Waals surface area contributed by atoms with E-state index in [1.165, 1.54) is 24.5 Å². The Kier molecular flexibility index (Phi) is 2.86. The molecule has 1 aromatic carbocycles. The molecule has 0 aliphatic carbocycles. The lowest BCUT2D eigenvalue weighted by molar-refractivity contribution is 0.584. The monoisotopic (exact) mass is 236 g/mol. The minimum Gasteiger partial charge on any atom is -0.384 e. The van der Waals surface area contributed by atoms with Gasteiger partial charge in [0, 0.05) is 6.07 Å². The number of anilines is 3. The van der Waals surface area contributed by atoms with Gasteiger partial charge in [0.05, 0.1) is 0 Å². The Morgan fingerprint density at radius 2 is 2.00 bits per heavy atom. The van der Waals surface area contributed by atoms with Gasteiger partial charge in [-0.3, -0.25) is 0 Å². The quantitative estimate of drug-likeness (QED) is 0.840. The van der Waals surface area contributed by atoms with E-state index in [4.69, 9.17) is 5.73 Å². The summed E-state index contributed by atoms with van der Waals surface area (Å²) < 4.78 is 27.1. The lowest BCUT2D eigenvalue weighted by atomic mass is 10.2. The molecule has 2 rings (SSSR count). The number of hydrogen-bond acceptors (Lipinski definition) is 4. The van der Waals surface area contributed by atoms with Crippen molar-refractivity contribution < 1.29 is 8.78 Å². The van der Waals surface area contributed by atoms with E-state index < -0.39 is 11.6 Å². The number of nitrogens with one attached hydrogen (secondary N) is 1. The first-order chi connectivity index (χ1) is 8.08. The van der Waals surface area contributed by atoms with Gasteiger partial charge < -0.3 is 11.1 Å². The van der Waals surface area contributed by atoms with Crippen LogP contribution in [0.2, 0.25) is 0 Å². The molecule has 0 bridgehead atoms. The molecule has 88 valence electrons. The Labute approximate surface area is 96.5 Å². The average molecular weight is 236 g/mol.